The molecule has 8 heteroatoms. The van der Waals surface area contributed by atoms with Crippen LogP contribution in [0.5, 0.6) is 0 Å². The Morgan fingerprint density at radius 3 is 2.31 bits per heavy atom. The zero-order valence-corrected chi connectivity index (χ0v) is 18.1. The quantitative estimate of drug-likeness (QED) is 0.319. The van der Waals surface area contributed by atoms with Crippen LogP contribution in [0, 0.1) is 17.3 Å². The molecule has 0 spiro atoms. The van der Waals surface area contributed by atoms with Crippen LogP contribution in [0.1, 0.15) is 65.7 Å². The van der Waals surface area contributed by atoms with E-state index in [0.717, 1.165) is 38.5 Å². The van der Waals surface area contributed by atoms with E-state index in [1.54, 1.807) is 4.90 Å². The third-order valence-corrected chi connectivity index (χ3v) is 6.24. The van der Waals surface area contributed by atoms with Crippen LogP contribution in [0.25, 0.3) is 0 Å². The average molecular weight is 411 g/mol. The molecule has 0 unspecified atom stereocenters. The molecule has 29 heavy (non-hydrogen) atoms. The number of nitrogens with one attached hydrogen (secondary N) is 1. The number of piperidine rings is 1. The highest BCUT2D eigenvalue weighted by atomic mass is 16.5. The van der Waals surface area contributed by atoms with Crippen molar-refractivity contribution in [3.05, 3.63) is 0 Å². The zero-order valence-electron chi connectivity index (χ0n) is 18.1. The fourth-order valence-electron chi connectivity index (χ4n) is 4.39. The molecule has 8 nitrogen and oxygen atoms in total. The van der Waals surface area contributed by atoms with Crippen molar-refractivity contribution in [1.82, 2.24) is 15.3 Å². The first-order valence-corrected chi connectivity index (χ1v) is 10.9. The van der Waals surface area contributed by atoms with E-state index in [9.17, 15) is 19.6 Å². The van der Waals surface area contributed by atoms with Gasteiger partial charge in [0.15, 0.2) is 0 Å². The summed E-state index contributed by atoms with van der Waals surface area (Å²) in [6.07, 6.45) is 6.88. The maximum absolute atomic E-state index is 13.2. The number of nitrogens with two attached hydrogens (primary N) is 1. The van der Waals surface area contributed by atoms with Crippen molar-refractivity contribution in [1.29, 1.82) is 0 Å². The summed E-state index contributed by atoms with van der Waals surface area (Å²) in [5.41, 5.74) is 5.49. The standard InChI is InChI=1S/C21H38N4O4/c1-21(2,3)18(20(28)24-10-8-17(22)9-11-24)23-19(27)16(13-25(29)14-26)12-15-6-4-5-7-15/h14-18,29H,4-13,22H2,1-3H3,(H,23,27)/t16-,18-/m1/s1. The molecule has 1 saturated carbocycles. The summed E-state index contributed by atoms with van der Waals surface area (Å²) >= 11 is 0. The number of nitrogens with zero attached hydrogens (tertiary/aromatic N) is 2. The lowest BCUT2D eigenvalue weighted by molar-refractivity contribution is -0.156. The Hall–Kier alpha value is -1.67. The van der Waals surface area contributed by atoms with E-state index < -0.39 is 17.4 Å². The molecule has 0 aromatic rings. The second-order valence-corrected chi connectivity index (χ2v) is 9.78. The largest absolute Gasteiger partial charge is 0.344 e. The number of rotatable bonds is 8. The number of amides is 3. The second-order valence-electron chi connectivity index (χ2n) is 9.78. The van der Waals surface area contributed by atoms with Crippen molar-refractivity contribution < 1.29 is 19.6 Å². The minimum absolute atomic E-state index is 0.0601. The van der Waals surface area contributed by atoms with Gasteiger partial charge in [-0.2, -0.15) is 0 Å². The summed E-state index contributed by atoms with van der Waals surface area (Å²) in [5.74, 6) is -0.493. The summed E-state index contributed by atoms with van der Waals surface area (Å²) in [7, 11) is 0. The van der Waals surface area contributed by atoms with Crippen LogP contribution in [-0.2, 0) is 14.4 Å². The van der Waals surface area contributed by atoms with Gasteiger partial charge in [0.1, 0.15) is 6.04 Å². The van der Waals surface area contributed by atoms with Gasteiger partial charge in [0.2, 0.25) is 18.2 Å². The van der Waals surface area contributed by atoms with Crippen molar-refractivity contribution >= 4 is 18.2 Å². The first-order chi connectivity index (χ1) is 13.6. The van der Waals surface area contributed by atoms with Gasteiger partial charge in [-0.3, -0.25) is 19.6 Å². The van der Waals surface area contributed by atoms with Crippen LogP contribution >= 0.6 is 0 Å². The number of hydrogen-bond acceptors (Lipinski definition) is 5. The Morgan fingerprint density at radius 1 is 1.21 bits per heavy atom. The van der Waals surface area contributed by atoms with Crippen LogP contribution in [0.4, 0.5) is 0 Å². The molecular formula is C21H38N4O4. The lowest BCUT2D eigenvalue weighted by Gasteiger charge is -2.38. The number of hydrogen-bond donors (Lipinski definition) is 3. The summed E-state index contributed by atoms with van der Waals surface area (Å²) in [4.78, 5) is 39.0. The summed E-state index contributed by atoms with van der Waals surface area (Å²) in [5, 5.41) is 13.2. The molecule has 0 bridgehead atoms. The Bertz CT molecular complexity index is 564. The summed E-state index contributed by atoms with van der Waals surface area (Å²) < 4.78 is 0. The van der Waals surface area contributed by atoms with Crippen molar-refractivity contribution in [3.63, 3.8) is 0 Å². The first kappa shape index (κ1) is 23.6. The molecule has 1 aliphatic heterocycles. The minimum Gasteiger partial charge on any atom is -0.344 e. The molecule has 1 saturated heterocycles. The van der Waals surface area contributed by atoms with Crippen molar-refractivity contribution in [2.24, 2.45) is 23.0 Å². The lowest BCUT2D eigenvalue weighted by Crippen LogP contribution is -2.58. The van der Waals surface area contributed by atoms with Crippen molar-refractivity contribution in [2.75, 3.05) is 19.6 Å². The molecular weight excluding hydrogens is 372 g/mol. The Balaban J connectivity index is 2.09. The van der Waals surface area contributed by atoms with Gasteiger partial charge in [0.05, 0.1) is 12.5 Å². The van der Waals surface area contributed by atoms with Crippen molar-refractivity contribution in [2.45, 2.75) is 77.8 Å². The van der Waals surface area contributed by atoms with E-state index in [2.05, 4.69) is 5.32 Å². The lowest BCUT2D eigenvalue weighted by atomic mass is 9.84. The van der Waals surface area contributed by atoms with Crippen LogP contribution in [0.2, 0.25) is 0 Å². The van der Waals surface area contributed by atoms with Gasteiger partial charge in [-0.25, -0.2) is 5.06 Å². The number of carbonyl (C=O) groups is 3. The van der Waals surface area contributed by atoms with Gasteiger partial charge < -0.3 is 16.0 Å². The summed E-state index contributed by atoms with van der Waals surface area (Å²) in [6, 6.07) is -0.546. The molecule has 0 aromatic heterocycles. The molecule has 4 N–H and O–H groups in total. The molecule has 166 valence electrons. The fraction of sp³-hybridized carbons (Fsp3) is 0.857. The predicted octanol–water partition coefficient (Wildman–Crippen LogP) is 1.51. The van der Waals surface area contributed by atoms with E-state index in [-0.39, 0.29) is 24.4 Å². The predicted molar refractivity (Wildman–Crippen MR) is 110 cm³/mol. The maximum Gasteiger partial charge on any atom is 0.245 e. The smallest absolute Gasteiger partial charge is 0.245 e. The van der Waals surface area contributed by atoms with Crippen LogP contribution < -0.4 is 11.1 Å². The monoisotopic (exact) mass is 410 g/mol. The number of carbonyl (C=O) groups excluding carboxylic acids is 3. The molecule has 3 amide bonds. The molecule has 1 aliphatic carbocycles. The topological polar surface area (TPSA) is 116 Å². The molecule has 0 aromatic carbocycles. The van der Waals surface area contributed by atoms with Gasteiger partial charge in [-0.15, -0.1) is 0 Å². The third kappa shape index (κ3) is 6.96. The highest BCUT2D eigenvalue weighted by molar-refractivity contribution is 5.89. The first-order valence-electron chi connectivity index (χ1n) is 10.9. The minimum atomic E-state index is -0.668. The van der Waals surface area contributed by atoms with Crippen LogP contribution in [0.15, 0.2) is 0 Å². The van der Waals surface area contributed by atoms with Gasteiger partial charge in [-0.1, -0.05) is 46.5 Å². The Kier molecular flexibility index (Phi) is 8.46. The van der Waals surface area contributed by atoms with E-state index in [1.807, 2.05) is 20.8 Å². The van der Waals surface area contributed by atoms with Crippen LogP contribution in [-0.4, -0.2) is 65.1 Å². The molecule has 2 fully saturated rings. The molecule has 0 radical (unpaired) electrons. The Morgan fingerprint density at radius 2 is 1.79 bits per heavy atom. The van der Waals surface area contributed by atoms with Gasteiger partial charge in [-0.05, 0) is 30.6 Å². The second kappa shape index (κ2) is 10.4. The molecule has 2 aliphatic rings. The average Bonchev–Trinajstić information content (AvgIpc) is 3.17. The maximum atomic E-state index is 13.2. The van der Waals surface area contributed by atoms with Gasteiger partial charge >= 0.3 is 0 Å². The normalized spacial score (nSPS) is 20.9. The van der Waals surface area contributed by atoms with E-state index in [4.69, 9.17) is 5.73 Å². The van der Waals surface area contributed by atoms with E-state index >= 15 is 0 Å². The third-order valence-electron chi connectivity index (χ3n) is 6.24. The fourth-order valence-corrected chi connectivity index (χ4v) is 4.39. The van der Waals surface area contributed by atoms with E-state index in [1.165, 1.54) is 0 Å². The zero-order chi connectivity index (χ0) is 21.6. The Labute approximate surface area is 174 Å². The van der Waals surface area contributed by atoms with Gasteiger partial charge in [0.25, 0.3) is 0 Å². The molecule has 2 rings (SSSR count). The number of hydroxylamine groups is 2. The van der Waals surface area contributed by atoms with Gasteiger partial charge in [0, 0.05) is 19.1 Å². The highest BCUT2D eigenvalue weighted by Gasteiger charge is 2.38. The highest BCUT2D eigenvalue weighted by Crippen LogP contribution is 2.31. The molecule has 1 heterocycles. The van der Waals surface area contributed by atoms with E-state index in [0.29, 0.717) is 36.9 Å². The summed E-state index contributed by atoms with van der Waals surface area (Å²) in [6.45, 7) is 6.94. The number of likely N-dealkylation sites (tertiary alicyclic amines) is 1. The van der Waals surface area contributed by atoms with Crippen molar-refractivity contribution in [3.8, 4) is 0 Å². The molecule has 2 atom stereocenters. The SMILES string of the molecule is CC(C)(C)[C@H](NC(=O)[C@H](CC1CCCC1)CN(O)C=O)C(=O)N1CCC(N)CC1. The van der Waals surface area contributed by atoms with Crippen LogP contribution in [0.3, 0.4) is 0 Å².